The standard InChI is InChI=1S/C12H12ClN5/c13-8-1-2-9-10(5-8)17-12(16-9)11-6-18(4-3-14)7-15-11/h1-2,5-7H,3-4,14H2,(H,16,17). The molecule has 18 heavy (non-hydrogen) atoms. The SMILES string of the molecule is NCCn1cnc(-c2nc3ccc(Cl)cc3[nH]2)c1. The Morgan fingerprint density at radius 1 is 1.39 bits per heavy atom. The first-order valence-corrected chi connectivity index (χ1v) is 6.01. The quantitative estimate of drug-likeness (QED) is 0.758. The van der Waals surface area contributed by atoms with Gasteiger partial charge in [0.2, 0.25) is 0 Å². The van der Waals surface area contributed by atoms with Crippen LogP contribution in [-0.2, 0) is 6.54 Å². The zero-order valence-electron chi connectivity index (χ0n) is 9.60. The Labute approximate surface area is 109 Å². The second kappa shape index (κ2) is 4.44. The molecule has 0 spiro atoms. The molecule has 0 aliphatic heterocycles. The topological polar surface area (TPSA) is 72.5 Å². The van der Waals surface area contributed by atoms with Gasteiger partial charge in [-0.1, -0.05) is 11.6 Å². The fourth-order valence-corrected chi connectivity index (χ4v) is 2.03. The molecule has 92 valence electrons. The Kier molecular flexibility index (Phi) is 2.77. The maximum Gasteiger partial charge on any atom is 0.158 e. The lowest BCUT2D eigenvalue weighted by molar-refractivity contribution is 0.708. The third kappa shape index (κ3) is 1.98. The zero-order chi connectivity index (χ0) is 12.5. The summed E-state index contributed by atoms with van der Waals surface area (Å²) in [6.07, 6.45) is 3.68. The molecule has 3 rings (SSSR count). The third-order valence-corrected chi connectivity index (χ3v) is 2.94. The zero-order valence-corrected chi connectivity index (χ0v) is 10.4. The van der Waals surface area contributed by atoms with E-state index in [2.05, 4.69) is 15.0 Å². The molecule has 1 aromatic carbocycles. The van der Waals surface area contributed by atoms with Gasteiger partial charge in [0.25, 0.3) is 0 Å². The monoisotopic (exact) mass is 261 g/mol. The van der Waals surface area contributed by atoms with Crippen LogP contribution >= 0.6 is 11.6 Å². The number of aromatic nitrogens is 4. The van der Waals surface area contributed by atoms with Crippen molar-refractivity contribution in [3.05, 3.63) is 35.7 Å². The highest BCUT2D eigenvalue weighted by molar-refractivity contribution is 6.31. The minimum Gasteiger partial charge on any atom is -0.337 e. The van der Waals surface area contributed by atoms with Crippen LogP contribution < -0.4 is 5.73 Å². The molecular formula is C12H12ClN5. The van der Waals surface area contributed by atoms with Gasteiger partial charge in [-0.2, -0.15) is 0 Å². The van der Waals surface area contributed by atoms with Crippen molar-refractivity contribution >= 4 is 22.6 Å². The molecule has 0 unspecified atom stereocenters. The molecule has 0 saturated carbocycles. The summed E-state index contributed by atoms with van der Waals surface area (Å²) in [5, 5.41) is 0.686. The summed E-state index contributed by atoms with van der Waals surface area (Å²) in [5.41, 5.74) is 8.09. The molecule has 0 amide bonds. The molecule has 3 aromatic rings. The van der Waals surface area contributed by atoms with E-state index in [-0.39, 0.29) is 0 Å². The lowest BCUT2D eigenvalue weighted by Gasteiger charge is -1.94. The highest BCUT2D eigenvalue weighted by Gasteiger charge is 2.08. The molecule has 2 aromatic heterocycles. The highest BCUT2D eigenvalue weighted by Crippen LogP contribution is 2.21. The molecule has 0 aliphatic carbocycles. The van der Waals surface area contributed by atoms with E-state index in [1.807, 2.05) is 29.0 Å². The lowest BCUT2D eigenvalue weighted by atomic mass is 10.3. The van der Waals surface area contributed by atoms with Crippen molar-refractivity contribution in [2.45, 2.75) is 6.54 Å². The number of nitrogens with zero attached hydrogens (tertiary/aromatic N) is 3. The number of aromatic amines is 1. The maximum absolute atomic E-state index is 5.94. The van der Waals surface area contributed by atoms with E-state index >= 15 is 0 Å². The molecular weight excluding hydrogens is 250 g/mol. The number of hydrogen-bond donors (Lipinski definition) is 2. The van der Waals surface area contributed by atoms with Crippen molar-refractivity contribution in [1.29, 1.82) is 0 Å². The number of fused-ring (bicyclic) bond motifs is 1. The number of hydrogen-bond acceptors (Lipinski definition) is 3. The summed E-state index contributed by atoms with van der Waals surface area (Å²) in [6.45, 7) is 1.34. The van der Waals surface area contributed by atoms with Gasteiger partial charge in [0.1, 0.15) is 5.69 Å². The summed E-state index contributed by atoms with van der Waals surface area (Å²) < 4.78 is 1.94. The van der Waals surface area contributed by atoms with Gasteiger partial charge in [0, 0.05) is 24.3 Å². The number of nitrogens with two attached hydrogens (primary N) is 1. The van der Waals surface area contributed by atoms with E-state index in [0.717, 1.165) is 29.1 Å². The van der Waals surface area contributed by atoms with Crippen molar-refractivity contribution in [3.8, 4) is 11.5 Å². The Balaban J connectivity index is 2.02. The minimum atomic E-state index is 0.589. The Morgan fingerprint density at radius 3 is 3.11 bits per heavy atom. The Morgan fingerprint density at radius 2 is 2.28 bits per heavy atom. The van der Waals surface area contributed by atoms with E-state index in [1.165, 1.54) is 0 Å². The van der Waals surface area contributed by atoms with Crippen molar-refractivity contribution in [2.75, 3.05) is 6.54 Å². The number of rotatable bonds is 3. The normalized spacial score (nSPS) is 11.2. The van der Waals surface area contributed by atoms with Crippen molar-refractivity contribution in [3.63, 3.8) is 0 Å². The molecule has 0 atom stereocenters. The van der Waals surface area contributed by atoms with Crippen LogP contribution in [-0.4, -0.2) is 26.1 Å². The first-order chi connectivity index (χ1) is 8.76. The average Bonchev–Trinajstić information content (AvgIpc) is 2.94. The smallest absolute Gasteiger partial charge is 0.158 e. The molecule has 0 saturated heterocycles. The number of H-pyrrole nitrogens is 1. The molecule has 6 heteroatoms. The van der Waals surface area contributed by atoms with Gasteiger partial charge < -0.3 is 15.3 Å². The second-order valence-electron chi connectivity index (χ2n) is 4.03. The first-order valence-electron chi connectivity index (χ1n) is 5.64. The number of nitrogens with one attached hydrogen (secondary N) is 1. The minimum absolute atomic E-state index is 0.589. The number of halogens is 1. The van der Waals surface area contributed by atoms with Crippen molar-refractivity contribution in [2.24, 2.45) is 5.73 Å². The predicted molar refractivity (Wildman–Crippen MR) is 71.4 cm³/mol. The van der Waals surface area contributed by atoms with Gasteiger partial charge in [-0.25, -0.2) is 9.97 Å². The highest BCUT2D eigenvalue weighted by atomic mass is 35.5. The molecule has 3 N–H and O–H groups in total. The average molecular weight is 262 g/mol. The molecule has 0 bridgehead atoms. The van der Waals surface area contributed by atoms with Crippen LogP contribution in [0.4, 0.5) is 0 Å². The van der Waals surface area contributed by atoms with Crippen LogP contribution in [0.25, 0.3) is 22.6 Å². The molecule has 0 radical (unpaired) electrons. The van der Waals surface area contributed by atoms with E-state index in [9.17, 15) is 0 Å². The summed E-state index contributed by atoms with van der Waals surface area (Å²) in [7, 11) is 0. The van der Waals surface area contributed by atoms with Crippen LogP contribution in [0.5, 0.6) is 0 Å². The van der Waals surface area contributed by atoms with E-state index in [4.69, 9.17) is 17.3 Å². The maximum atomic E-state index is 5.94. The van der Waals surface area contributed by atoms with Crippen LogP contribution in [0.15, 0.2) is 30.7 Å². The van der Waals surface area contributed by atoms with Gasteiger partial charge in [0.05, 0.1) is 17.4 Å². The fourth-order valence-electron chi connectivity index (χ4n) is 1.86. The van der Waals surface area contributed by atoms with Crippen molar-refractivity contribution < 1.29 is 0 Å². The fraction of sp³-hybridized carbons (Fsp3) is 0.167. The summed E-state index contributed by atoms with van der Waals surface area (Å²) in [6, 6.07) is 5.56. The number of benzene rings is 1. The van der Waals surface area contributed by atoms with Gasteiger partial charge in [-0.15, -0.1) is 0 Å². The van der Waals surface area contributed by atoms with Gasteiger partial charge in [0.15, 0.2) is 5.82 Å². The first kappa shape index (κ1) is 11.3. The van der Waals surface area contributed by atoms with Crippen LogP contribution in [0.2, 0.25) is 5.02 Å². The molecule has 0 aliphatic rings. The van der Waals surface area contributed by atoms with Gasteiger partial charge >= 0.3 is 0 Å². The summed E-state index contributed by atoms with van der Waals surface area (Å²) in [5.74, 6) is 0.739. The van der Waals surface area contributed by atoms with E-state index < -0.39 is 0 Å². The lowest BCUT2D eigenvalue weighted by Crippen LogP contribution is -2.07. The molecule has 0 fully saturated rings. The van der Waals surface area contributed by atoms with Crippen LogP contribution in [0, 0.1) is 0 Å². The molecule has 2 heterocycles. The Hall–Kier alpha value is -1.85. The second-order valence-corrected chi connectivity index (χ2v) is 4.47. The van der Waals surface area contributed by atoms with Crippen LogP contribution in [0.3, 0.4) is 0 Å². The van der Waals surface area contributed by atoms with E-state index in [0.29, 0.717) is 11.6 Å². The summed E-state index contributed by atoms with van der Waals surface area (Å²) in [4.78, 5) is 12.0. The van der Waals surface area contributed by atoms with Gasteiger partial charge in [-0.3, -0.25) is 0 Å². The predicted octanol–water partition coefficient (Wildman–Crippen LogP) is 2.04. The largest absolute Gasteiger partial charge is 0.337 e. The van der Waals surface area contributed by atoms with E-state index in [1.54, 1.807) is 6.33 Å². The third-order valence-electron chi connectivity index (χ3n) is 2.71. The molecule has 5 nitrogen and oxygen atoms in total. The Bertz CT molecular complexity index is 685. The number of imidazole rings is 2. The van der Waals surface area contributed by atoms with Crippen LogP contribution in [0.1, 0.15) is 0 Å². The van der Waals surface area contributed by atoms with Gasteiger partial charge in [-0.05, 0) is 18.2 Å². The van der Waals surface area contributed by atoms with Crippen molar-refractivity contribution in [1.82, 2.24) is 19.5 Å². The summed E-state index contributed by atoms with van der Waals surface area (Å²) >= 11 is 5.94.